The Morgan fingerprint density at radius 2 is 0.543 bits per heavy atom. The molecule has 0 unspecified atom stereocenters. The van der Waals surface area contributed by atoms with Crippen LogP contribution in [0.15, 0.2) is 348 Å². The summed E-state index contributed by atoms with van der Waals surface area (Å²) in [6, 6.07) is 114. The first-order valence-corrected chi connectivity index (χ1v) is 37.5. The number of nitrogens with zero attached hydrogens (tertiary/aromatic N) is 15. The molecule has 116 heavy (non-hydrogen) atoms. The third-order valence-corrected chi connectivity index (χ3v) is 19.5. The van der Waals surface area contributed by atoms with Crippen LogP contribution in [0.1, 0.15) is 53.1 Å². The van der Waals surface area contributed by atoms with Crippen LogP contribution in [0, 0.1) is 71.0 Å². The second kappa shape index (κ2) is 37.5. The van der Waals surface area contributed by atoms with Crippen molar-refractivity contribution >= 4 is 51.2 Å². The Labute approximate surface area is 721 Å². The predicted molar refractivity (Wildman–Crippen MR) is 453 cm³/mol. The summed E-state index contributed by atoms with van der Waals surface area (Å²) in [6.45, 7) is 15.1. The summed E-state index contributed by atoms with van der Waals surface area (Å²) in [7, 11) is 0. The van der Waals surface area contributed by atoms with E-state index in [9.17, 15) is 0 Å². The van der Waals surface area contributed by atoms with E-state index in [1.807, 2.05) is 164 Å². The van der Waals surface area contributed by atoms with Gasteiger partial charge in [0.25, 0.3) is 0 Å². The molecule has 18 rings (SSSR count). The Kier molecular flexibility index (Phi) is 26.3. The van der Waals surface area contributed by atoms with Crippen LogP contribution in [0.5, 0.6) is 0 Å². The van der Waals surface area contributed by atoms with Crippen LogP contribution in [0.25, 0.3) is 67.9 Å². The Hall–Kier alpha value is -12.6. The number of benzene rings is 12. The summed E-state index contributed by atoms with van der Waals surface area (Å²) in [6.07, 6.45) is 23.0. The van der Waals surface area contributed by atoms with Gasteiger partial charge in [0.15, 0.2) is 0 Å². The van der Waals surface area contributed by atoms with Gasteiger partial charge in [0.1, 0.15) is 0 Å². The Morgan fingerprint density at radius 1 is 0.276 bits per heavy atom. The van der Waals surface area contributed by atoms with Crippen LogP contribution in [0.2, 0.25) is 0 Å². The van der Waals surface area contributed by atoms with Crippen LogP contribution >= 0.6 is 0 Å². The van der Waals surface area contributed by atoms with Crippen molar-refractivity contribution in [2.75, 3.05) is 14.7 Å². The van der Waals surface area contributed by atoms with Crippen molar-refractivity contribution < 1.29 is 63.2 Å². The SMILES string of the molecule is Cc1cccc(C)c1-n1cnc(-c2[c-]c(N(c3[c-]c(-c4cn(-c5c(C)cccc5C(C)C)cn4)ccc3)c3ccccc3)ccc2)c1.Cc1cccc(C)c1-n1cnc(-c2[c-]c(N(c3[c-]c(-n4cccn4)ccc3)c3ccccc3)ccc2)c1.[Pt+2].[Pt+2].[Pt+2].[c-]1c(N(c2[c-]c(-n3cccn3)ccc2)c2ccccc2)cccc1-n1cccn1. The molecule has 0 amide bonds. The molecule has 18 heteroatoms. The zero-order chi connectivity index (χ0) is 77.2. The van der Waals surface area contributed by atoms with Gasteiger partial charge in [0, 0.05) is 71.3 Å². The maximum absolute atomic E-state index is 4.84. The minimum atomic E-state index is 0. The zero-order valence-electron chi connectivity index (χ0n) is 64.6. The minimum absolute atomic E-state index is 0. The smallest absolute Gasteiger partial charge is 0.358 e. The van der Waals surface area contributed by atoms with Crippen LogP contribution in [0.4, 0.5) is 51.2 Å². The molecule has 0 aliphatic carbocycles. The average Bonchev–Trinajstić information content (AvgIpc) is 1.51. The molecule has 12 aromatic carbocycles. The molecule has 0 N–H and O–H groups in total. The molecular formula is C98H79N15Pt3. The quantitative estimate of drug-likeness (QED) is 0.0730. The fraction of sp³-hybridized carbons (Fsp3) is 0.0816. The van der Waals surface area contributed by atoms with Gasteiger partial charge >= 0.3 is 63.2 Å². The molecule has 0 aliphatic heterocycles. The summed E-state index contributed by atoms with van der Waals surface area (Å²) in [5, 5.41) is 13.0. The maximum Gasteiger partial charge on any atom is 2.00 e. The Morgan fingerprint density at radius 3 is 0.836 bits per heavy atom. The first-order chi connectivity index (χ1) is 55.4. The Bertz CT molecular complexity index is 6100. The average molecular weight is 2050 g/mol. The molecule has 0 spiro atoms. The van der Waals surface area contributed by atoms with Gasteiger partial charge < -0.3 is 28.4 Å². The number of para-hydroxylation sites is 6. The number of anilines is 9. The molecule has 15 nitrogen and oxygen atoms in total. The minimum Gasteiger partial charge on any atom is -0.358 e. The first-order valence-electron chi connectivity index (χ1n) is 37.5. The van der Waals surface area contributed by atoms with Crippen LogP contribution in [-0.4, -0.2) is 58.0 Å². The largest absolute Gasteiger partial charge is 2.00 e. The van der Waals surface area contributed by atoms with Gasteiger partial charge in [-0.3, -0.25) is 29.0 Å². The molecule has 6 heterocycles. The normalized spacial score (nSPS) is 10.8. The molecule has 0 radical (unpaired) electrons. The molecule has 0 bridgehead atoms. The van der Waals surface area contributed by atoms with Crippen molar-refractivity contribution in [1.82, 2.24) is 58.0 Å². The first kappa shape index (κ1) is 81.4. The van der Waals surface area contributed by atoms with Gasteiger partial charge in [-0.15, -0.1) is 144 Å². The maximum atomic E-state index is 4.84. The van der Waals surface area contributed by atoms with E-state index in [0.29, 0.717) is 5.92 Å². The van der Waals surface area contributed by atoms with E-state index < -0.39 is 0 Å². The van der Waals surface area contributed by atoms with E-state index in [-0.39, 0.29) is 63.2 Å². The molecule has 0 fully saturated rings. The van der Waals surface area contributed by atoms with Gasteiger partial charge in [-0.05, 0) is 181 Å². The van der Waals surface area contributed by atoms with E-state index in [2.05, 4.69) is 299 Å². The summed E-state index contributed by atoms with van der Waals surface area (Å²) in [5.74, 6) is 0.400. The van der Waals surface area contributed by atoms with Crippen molar-refractivity contribution in [2.24, 2.45) is 0 Å². The van der Waals surface area contributed by atoms with E-state index >= 15 is 0 Å². The van der Waals surface area contributed by atoms with Gasteiger partial charge in [0.2, 0.25) is 0 Å². The topological polar surface area (TPSA) is 117 Å². The molecule has 576 valence electrons. The van der Waals surface area contributed by atoms with E-state index in [1.54, 1.807) is 28.0 Å². The zero-order valence-corrected chi connectivity index (χ0v) is 71.5. The predicted octanol–water partition coefficient (Wildman–Crippen LogP) is 23.0. The number of hydrogen-bond donors (Lipinski definition) is 0. The van der Waals surface area contributed by atoms with Crippen molar-refractivity contribution in [3.63, 3.8) is 0 Å². The number of aromatic nitrogens is 12. The third kappa shape index (κ3) is 18.1. The molecule has 6 aromatic heterocycles. The summed E-state index contributed by atoms with van der Waals surface area (Å²) < 4.78 is 11.8. The van der Waals surface area contributed by atoms with Crippen molar-refractivity contribution in [1.29, 1.82) is 0 Å². The summed E-state index contributed by atoms with van der Waals surface area (Å²) in [5.41, 5.74) is 27.3. The molecule has 0 saturated carbocycles. The second-order valence-electron chi connectivity index (χ2n) is 27.6. The van der Waals surface area contributed by atoms with Gasteiger partial charge in [0.05, 0.1) is 36.0 Å². The van der Waals surface area contributed by atoms with E-state index in [0.717, 1.165) is 113 Å². The fourth-order valence-electron chi connectivity index (χ4n) is 14.2. The fourth-order valence-corrected chi connectivity index (χ4v) is 14.2. The number of aryl methyl sites for hydroxylation is 5. The van der Waals surface area contributed by atoms with Crippen molar-refractivity contribution in [3.8, 4) is 67.9 Å². The van der Waals surface area contributed by atoms with Crippen LogP contribution < -0.4 is 14.7 Å². The van der Waals surface area contributed by atoms with Gasteiger partial charge in [-0.25, -0.2) is 0 Å². The van der Waals surface area contributed by atoms with Crippen LogP contribution in [-0.2, 0) is 63.2 Å². The molecule has 0 saturated heterocycles. The summed E-state index contributed by atoms with van der Waals surface area (Å²) in [4.78, 5) is 20.8. The second-order valence-corrected chi connectivity index (χ2v) is 27.6. The standard InChI is InChI=1S/C42H37N5.C32H25N5.C24H17N5.3Pt/c1-29(2)38-22-10-15-32(5)42(38)46-26-40(44-28-46)34-17-12-21-37(24-34)47(35-18-7-6-8-19-35)36-20-11-16-33(23-36)39-25-45(27-43-39)41-30(3)13-9-14-31(41)4;1-24-10-6-11-25(2)32(24)35-22-31(33-23-35)26-12-7-16-29(20-26)37(27-13-4-3-5-14-27)30-17-8-15-28(21-30)36-19-9-18-34-36;1-2-8-20(9-3-1)29(23-12-4-10-21(18-23)27-16-6-14-25-27)24-13-5-11-22(19-24)28-17-7-15-26-28;;;/h6-22,25-29H,1-5H3;3-19,22-23H,1-2H3;1-17H;;;/q3*-2;3*+2. The van der Waals surface area contributed by atoms with Crippen molar-refractivity contribution in [2.45, 2.75) is 54.4 Å². The molecular weight excluding hydrogens is 1970 g/mol. The summed E-state index contributed by atoms with van der Waals surface area (Å²) >= 11 is 0. The van der Waals surface area contributed by atoms with Gasteiger partial charge in [-0.1, -0.05) is 140 Å². The third-order valence-electron chi connectivity index (χ3n) is 19.5. The molecule has 18 aromatic rings. The van der Waals surface area contributed by atoms with Gasteiger partial charge in [-0.2, -0.15) is 33.5 Å². The monoisotopic (exact) mass is 2050 g/mol. The molecule has 0 aliphatic rings. The number of rotatable bonds is 19. The number of hydrogen-bond acceptors (Lipinski definition) is 9. The van der Waals surface area contributed by atoms with E-state index in [1.165, 1.54) is 39.1 Å². The molecule has 0 atom stereocenters. The van der Waals surface area contributed by atoms with Crippen LogP contribution in [0.3, 0.4) is 0 Å². The van der Waals surface area contributed by atoms with E-state index in [4.69, 9.17) is 15.0 Å². The van der Waals surface area contributed by atoms with Crippen molar-refractivity contribution in [3.05, 3.63) is 418 Å². The Balaban J connectivity index is 0.000000154. The number of imidazole rings is 3.